The lowest BCUT2D eigenvalue weighted by atomic mass is 9.98. The number of benzene rings is 1. The normalized spacial score (nSPS) is 12.6. The number of hydrogen-bond acceptors (Lipinski definition) is 3. The summed E-state index contributed by atoms with van der Waals surface area (Å²) in [6.45, 7) is 14.0. The molecule has 0 N–H and O–H groups in total. The summed E-state index contributed by atoms with van der Waals surface area (Å²) in [4.78, 5) is 2.36. The van der Waals surface area contributed by atoms with Crippen molar-refractivity contribution < 1.29 is 9.47 Å². The van der Waals surface area contributed by atoms with E-state index in [-0.39, 0.29) is 0 Å². The Morgan fingerprint density at radius 2 is 1.71 bits per heavy atom. The predicted molar refractivity (Wildman–Crippen MR) is 89.3 cm³/mol. The molecule has 0 saturated carbocycles. The Balaban J connectivity index is 2.27. The molecule has 0 bridgehead atoms. The first-order valence-corrected chi connectivity index (χ1v) is 8.24. The van der Waals surface area contributed by atoms with E-state index in [2.05, 4.69) is 50.8 Å². The highest BCUT2D eigenvalue weighted by Gasteiger charge is 2.09. The molecule has 1 aromatic carbocycles. The van der Waals surface area contributed by atoms with Crippen molar-refractivity contribution in [1.82, 2.24) is 4.90 Å². The molecule has 0 aromatic heterocycles. The highest BCUT2D eigenvalue weighted by molar-refractivity contribution is 5.35. The van der Waals surface area contributed by atoms with E-state index in [9.17, 15) is 0 Å². The van der Waals surface area contributed by atoms with Gasteiger partial charge in [0.2, 0.25) is 0 Å². The minimum Gasteiger partial charge on any atom is -0.491 e. The van der Waals surface area contributed by atoms with Crippen molar-refractivity contribution in [1.29, 1.82) is 0 Å². The first-order valence-electron chi connectivity index (χ1n) is 8.24. The molecule has 1 rings (SSSR count). The van der Waals surface area contributed by atoms with Crippen molar-refractivity contribution in [2.45, 2.75) is 40.0 Å². The highest BCUT2D eigenvalue weighted by Crippen LogP contribution is 2.28. The molecule has 0 unspecified atom stereocenters. The second kappa shape index (κ2) is 10.6. The van der Waals surface area contributed by atoms with Gasteiger partial charge in [0.1, 0.15) is 12.4 Å². The maximum absolute atomic E-state index is 5.88. The van der Waals surface area contributed by atoms with Gasteiger partial charge in [-0.1, -0.05) is 45.9 Å². The van der Waals surface area contributed by atoms with Crippen LogP contribution in [0.4, 0.5) is 0 Å². The summed E-state index contributed by atoms with van der Waals surface area (Å²) in [5, 5.41) is 0. The maximum atomic E-state index is 5.88. The number of nitrogens with zero attached hydrogens (tertiary/aromatic N) is 1. The van der Waals surface area contributed by atoms with Crippen LogP contribution in [0, 0.1) is 0 Å². The van der Waals surface area contributed by atoms with E-state index in [0.717, 1.165) is 38.4 Å². The second-order valence-corrected chi connectivity index (χ2v) is 5.33. The van der Waals surface area contributed by atoms with E-state index in [1.54, 1.807) is 0 Å². The number of hydrogen-bond donors (Lipinski definition) is 0. The van der Waals surface area contributed by atoms with Crippen LogP contribution in [0.25, 0.3) is 0 Å². The van der Waals surface area contributed by atoms with Gasteiger partial charge < -0.3 is 14.4 Å². The van der Waals surface area contributed by atoms with Gasteiger partial charge >= 0.3 is 0 Å². The van der Waals surface area contributed by atoms with Gasteiger partial charge in [-0.15, -0.1) is 0 Å². The van der Waals surface area contributed by atoms with Crippen LogP contribution in [-0.2, 0) is 4.74 Å². The summed E-state index contributed by atoms with van der Waals surface area (Å²) in [6.07, 6.45) is 1.13. The SMILES string of the molecule is CC[C@H](C)c1ccccc1OCCOCCN(CC)CC. The zero-order valence-electron chi connectivity index (χ0n) is 14.1. The zero-order chi connectivity index (χ0) is 15.5. The van der Waals surface area contributed by atoms with Crippen molar-refractivity contribution in [2.24, 2.45) is 0 Å². The summed E-state index contributed by atoms with van der Waals surface area (Å²) in [5.74, 6) is 1.53. The summed E-state index contributed by atoms with van der Waals surface area (Å²) >= 11 is 0. The van der Waals surface area contributed by atoms with Crippen molar-refractivity contribution >= 4 is 0 Å². The van der Waals surface area contributed by atoms with E-state index in [0.29, 0.717) is 19.1 Å². The molecule has 120 valence electrons. The van der Waals surface area contributed by atoms with Crippen LogP contribution in [0.2, 0.25) is 0 Å². The van der Waals surface area contributed by atoms with E-state index < -0.39 is 0 Å². The van der Waals surface area contributed by atoms with Crippen LogP contribution >= 0.6 is 0 Å². The molecule has 1 atom stereocenters. The first kappa shape index (κ1) is 18.0. The van der Waals surface area contributed by atoms with E-state index >= 15 is 0 Å². The fraction of sp³-hybridized carbons (Fsp3) is 0.667. The molecular formula is C18H31NO2. The molecule has 3 nitrogen and oxygen atoms in total. The molecule has 0 saturated heterocycles. The van der Waals surface area contributed by atoms with Gasteiger partial charge in [0.05, 0.1) is 13.2 Å². The average Bonchev–Trinajstić information content (AvgIpc) is 2.54. The highest BCUT2D eigenvalue weighted by atomic mass is 16.5. The number of para-hydroxylation sites is 1. The fourth-order valence-electron chi connectivity index (χ4n) is 2.29. The summed E-state index contributed by atoms with van der Waals surface area (Å²) in [5.41, 5.74) is 1.29. The molecule has 0 aliphatic carbocycles. The smallest absolute Gasteiger partial charge is 0.122 e. The number of rotatable bonds is 11. The van der Waals surface area contributed by atoms with Gasteiger partial charge in [0.15, 0.2) is 0 Å². The maximum Gasteiger partial charge on any atom is 0.122 e. The molecule has 0 aliphatic rings. The van der Waals surface area contributed by atoms with Gasteiger partial charge in [-0.25, -0.2) is 0 Å². The third kappa shape index (κ3) is 6.49. The Morgan fingerprint density at radius 1 is 1.00 bits per heavy atom. The van der Waals surface area contributed by atoms with Crippen LogP contribution in [-0.4, -0.2) is 44.4 Å². The Bertz CT molecular complexity index is 377. The molecule has 0 radical (unpaired) electrons. The minimum absolute atomic E-state index is 0.532. The van der Waals surface area contributed by atoms with Crippen molar-refractivity contribution in [3.63, 3.8) is 0 Å². The fourth-order valence-corrected chi connectivity index (χ4v) is 2.29. The monoisotopic (exact) mass is 293 g/mol. The number of ether oxygens (including phenoxy) is 2. The summed E-state index contributed by atoms with van der Waals surface area (Å²) in [6, 6.07) is 8.32. The Hall–Kier alpha value is -1.06. The molecule has 0 amide bonds. The van der Waals surface area contributed by atoms with E-state index in [1.807, 2.05) is 6.07 Å². The molecule has 0 fully saturated rings. The number of likely N-dealkylation sites (N-methyl/N-ethyl adjacent to an activating group) is 1. The van der Waals surface area contributed by atoms with Gasteiger partial charge in [-0.2, -0.15) is 0 Å². The zero-order valence-corrected chi connectivity index (χ0v) is 14.1. The minimum atomic E-state index is 0.532. The van der Waals surface area contributed by atoms with Crippen LogP contribution in [0.1, 0.15) is 45.6 Å². The van der Waals surface area contributed by atoms with E-state index in [4.69, 9.17) is 9.47 Å². The average molecular weight is 293 g/mol. The van der Waals surface area contributed by atoms with Crippen molar-refractivity contribution in [3.05, 3.63) is 29.8 Å². The Kier molecular flexibility index (Phi) is 9.11. The molecule has 3 heteroatoms. The Labute approximate surface area is 130 Å². The lowest BCUT2D eigenvalue weighted by Crippen LogP contribution is -2.27. The van der Waals surface area contributed by atoms with Crippen molar-refractivity contribution in [2.75, 3.05) is 39.5 Å². The first-order chi connectivity index (χ1) is 10.2. The molecule has 0 aliphatic heterocycles. The standard InChI is InChI=1S/C18H31NO2/c1-5-16(4)17-10-8-9-11-18(17)21-15-14-20-13-12-19(6-2)7-3/h8-11,16H,5-7,12-15H2,1-4H3/t16-/m0/s1. The van der Waals surface area contributed by atoms with E-state index in [1.165, 1.54) is 5.56 Å². The summed E-state index contributed by atoms with van der Waals surface area (Å²) < 4.78 is 11.5. The third-order valence-corrected chi connectivity index (χ3v) is 3.99. The second-order valence-electron chi connectivity index (χ2n) is 5.33. The van der Waals surface area contributed by atoms with Crippen LogP contribution in [0.3, 0.4) is 0 Å². The van der Waals surface area contributed by atoms with Gasteiger partial charge in [0, 0.05) is 6.54 Å². The van der Waals surface area contributed by atoms with Crippen molar-refractivity contribution in [3.8, 4) is 5.75 Å². The quantitative estimate of drug-likeness (QED) is 0.577. The van der Waals surface area contributed by atoms with Gasteiger partial charge in [0.25, 0.3) is 0 Å². The van der Waals surface area contributed by atoms with Gasteiger partial charge in [-0.3, -0.25) is 0 Å². The lowest BCUT2D eigenvalue weighted by Gasteiger charge is -2.18. The predicted octanol–water partition coefficient (Wildman–Crippen LogP) is 3.94. The molecule has 21 heavy (non-hydrogen) atoms. The molecule has 0 spiro atoms. The molecular weight excluding hydrogens is 262 g/mol. The lowest BCUT2D eigenvalue weighted by molar-refractivity contribution is 0.0816. The third-order valence-electron chi connectivity index (χ3n) is 3.99. The van der Waals surface area contributed by atoms with Crippen LogP contribution in [0.5, 0.6) is 5.75 Å². The molecule has 1 aromatic rings. The van der Waals surface area contributed by atoms with Crippen LogP contribution < -0.4 is 4.74 Å². The Morgan fingerprint density at radius 3 is 2.38 bits per heavy atom. The van der Waals surface area contributed by atoms with Gasteiger partial charge in [-0.05, 0) is 37.1 Å². The van der Waals surface area contributed by atoms with Crippen LogP contribution in [0.15, 0.2) is 24.3 Å². The summed E-state index contributed by atoms with van der Waals surface area (Å²) in [7, 11) is 0. The molecule has 0 heterocycles. The largest absolute Gasteiger partial charge is 0.491 e. The topological polar surface area (TPSA) is 21.7 Å².